The second-order valence-electron chi connectivity index (χ2n) is 20.3. The number of ether oxygens (including phenoxy) is 3. The fourth-order valence-electron chi connectivity index (χ4n) is 8.66. The third kappa shape index (κ3) is 49.7. The highest BCUT2D eigenvalue weighted by Crippen LogP contribution is 2.18. The minimum atomic E-state index is -0.761. The van der Waals surface area contributed by atoms with Crippen LogP contribution in [-0.2, 0) is 28.6 Å². The molecule has 0 aromatic rings. The van der Waals surface area contributed by atoms with Gasteiger partial charge in [0.2, 0.25) is 0 Å². The standard InChI is InChI=1S/C57H110O6/c1-6-8-9-10-11-12-27-34-39-44-49-57(60)63-54(50-61-55(58)47-42-37-32-28-23-19-15-13-17-21-25-30-35-40-45-52(3)4)51-62-56(59)48-43-38-33-29-24-20-16-14-18-22-26-31-36-41-46-53(5)7-2/h52-54H,6-51H2,1-5H3/t53?,54-/m1/s1. The van der Waals surface area contributed by atoms with Crippen molar-refractivity contribution in [2.24, 2.45) is 11.8 Å². The lowest BCUT2D eigenvalue weighted by atomic mass is 9.99. The van der Waals surface area contributed by atoms with Crippen LogP contribution < -0.4 is 0 Å². The first-order valence-electron chi connectivity index (χ1n) is 28.3. The van der Waals surface area contributed by atoms with Crippen LogP contribution in [-0.4, -0.2) is 37.2 Å². The summed E-state index contributed by atoms with van der Waals surface area (Å²) in [5, 5.41) is 0. The van der Waals surface area contributed by atoms with Crippen LogP contribution in [0.1, 0.15) is 317 Å². The maximum absolute atomic E-state index is 12.8. The van der Waals surface area contributed by atoms with Crippen molar-refractivity contribution >= 4 is 17.9 Å². The lowest BCUT2D eigenvalue weighted by molar-refractivity contribution is -0.167. The van der Waals surface area contributed by atoms with Crippen LogP contribution in [0, 0.1) is 11.8 Å². The molecule has 0 aromatic carbocycles. The van der Waals surface area contributed by atoms with E-state index in [4.69, 9.17) is 14.2 Å². The van der Waals surface area contributed by atoms with E-state index in [9.17, 15) is 14.4 Å². The van der Waals surface area contributed by atoms with Gasteiger partial charge in [-0.3, -0.25) is 14.4 Å². The van der Waals surface area contributed by atoms with Crippen LogP contribution in [0.15, 0.2) is 0 Å². The Morgan fingerprint density at radius 2 is 0.603 bits per heavy atom. The smallest absolute Gasteiger partial charge is 0.306 e. The maximum atomic E-state index is 12.8. The normalized spacial score (nSPS) is 12.5. The summed E-state index contributed by atoms with van der Waals surface area (Å²) in [7, 11) is 0. The average Bonchev–Trinajstić information content (AvgIpc) is 3.27. The van der Waals surface area contributed by atoms with Crippen LogP contribution >= 0.6 is 0 Å². The summed E-state index contributed by atoms with van der Waals surface area (Å²) in [6.45, 7) is 11.4. The summed E-state index contributed by atoms with van der Waals surface area (Å²) < 4.78 is 16.8. The molecular weight excluding hydrogens is 781 g/mol. The Kier molecular flexibility index (Phi) is 48.6. The van der Waals surface area contributed by atoms with E-state index in [1.165, 1.54) is 205 Å². The summed E-state index contributed by atoms with van der Waals surface area (Å²) in [5.74, 6) is 0.898. The summed E-state index contributed by atoms with van der Waals surface area (Å²) in [5.41, 5.74) is 0. The Bertz CT molecular complexity index is 964. The molecule has 0 saturated carbocycles. The fourth-order valence-corrected chi connectivity index (χ4v) is 8.66. The van der Waals surface area contributed by atoms with Crippen molar-refractivity contribution in [1.82, 2.24) is 0 Å². The van der Waals surface area contributed by atoms with E-state index < -0.39 is 6.10 Å². The maximum Gasteiger partial charge on any atom is 0.306 e. The van der Waals surface area contributed by atoms with E-state index in [-0.39, 0.29) is 31.1 Å². The minimum absolute atomic E-state index is 0.0629. The fraction of sp³-hybridized carbons (Fsp3) is 0.947. The van der Waals surface area contributed by atoms with Crippen LogP contribution in [0.2, 0.25) is 0 Å². The number of hydrogen-bond donors (Lipinski definition) is 0. The molecule has 0 N–H and O–H groups in total. The third-order valence-electron chi connectivity index (χ3n) is 13.3. The van der Waals surface area contributed by atoms with Gasteiger partial charge in [0.05, 0.1) is 0 Å². The second-order valence-corrected chi connectivity index (χ2v) is 20.3. The Balaban J connectivity index is 4.23. The highest BCUT2D eigenvalue weighted by Gasteiger charge is 2.19. The van der Waals surface area contributed by atoms with Crippen molar-refractivity contribution in [2.45, 2.75) is 323 Å². The molecule has 0 spiro atoms. The molecule has 0 aliphatic carbocycles. The average molecular weight is 892 g/mol. The zero-order valence-corrected chi connectivity index (χ0v) is 43.2. The highest BCUT2D eigenvalue weighted by atomic mass is 16.6. The first-order chi connectivity index (χ1) is 30.8. The molecule has 63 heavy (non-hydrogen) atoms. The largest absolute Gasteiger partial charge is 0.462 e. The predicted molar refractivity (Wildman–Crippen MR) is 270 cm³/mol. The van der Waals surface area contributed by atoms with Gasteiger partial charge in [0.25, 0.3) is 0 Å². The molecule has 374 valence electrons. The van der Waals surface area contributed by atoms with Crippen LogP contribution in [0.25, 0.3) is 0 Å². The summed E-state index contributed by atoms with van der Waals surface area (Å²) >= 11 is 0. The van der Waals surface area contributed by atoms with Crippen LogP contribution in [0.3, 0.4) is 0 Å². The van der Waals surface area contributed by atoms with E-state index >= 15 is 0 Å². The molecule has 2 atom stereocenters. The van der Waals surface area contributed by atoms with Crippen molar-refractivity contribution in [2.75, 3.05) is 13.2 Å². The molecule has 1 unspecified atom stereocenters. The Morgan fingerprint density at radius 3 is 0.905 bits per heavy atom. The Morgan fingerprint density at radius 1 is 0.333 bits per heavy atom. The Labute approximate surface area is 393 Å². The number of carbonyl (C=O) groups is 3. The predicted octanol–water partition coefficient (Wildman–Crippen LogP) is 18.5. The lowest BCUT2D eigenvalue weighted by Crippen LogP contribution is -2.30. The lowest BCUT2D eigenvalue weighted by Gasteiger charge is -2.18. The molecule has 0 aliphatic heterocycles. The highest BCUT2D eigenvalue weighted by molar-refractivity contribution is 5.71. The number of unbranched alkanes of at least 4 members (excludes halogenated alkanes) is 35. The zero-order valence-electron chi connectivity index (χ0n) is 43.2. The topological polar surface area (TPSA) is 78.9 Å². The molecule has 6 heteroatoms. The van der Waals surface area contributed by atoms with Gasteiger partial charge in [-0.15, -0.1) is 0 Å². The molecule has 0 rings (SSSR count). The van der Waals surface area contributed by atoms with Gasteiger partial charge in [-0.05, 0) is 31.1 Å². The molecule has 0 radical (unpaired) electrons. The van der Waals surface area contributed by atoms with Crippen molar-refractivity contribution in [1.29, 1.82) is 0 Å². The van der Waals surface area contributed by atoms with Crippen LogP contribution in [0.4, 0.5) is 0 Å². The molecule has 0 heterocycles. The van der Waals surface area contributed by atoms with E-state index in [0.717, 1.165) is 69.6 Å². The van der Waals surface area contributed by atoms with Gasteiger partial charge < -0.3 is 14.2 Å². The van der Waals surface area contributed by atoms with Crippen LogP contribution in [0.5, 0.6) is 0 Å². The second kappa shape index (κ2) is 49.8. The van der Waals surface area contributed by atoms with Crippen molar-refractivity contribution in [3.63, 3.8) is 0 Å². The van der Waals surface area contributed by atoms with Gasteiger partial charge >= 0.3 is 17.9 Å². The molecule has 0 amide bonds. The van der Waals surface area contributed by atoms with Gasteiger partial charge in [0.1, 0.15) is 13.2 Å². The molecule has 0 saturated heterocycles. The quantitative estimate of drug-likeness (QED) is 0.0344. The van der Waals surface area contributed by atoms with Crippen molar-refractivity contribution in [3.05, 3.63) is 0 Å². The van der Waals surface area contributed by atoms with Crippen molar-refractivity contribution in [3.8, 4) is 0 Å². The number of carbonyl (C=O) groups excluding carboxylic acids is 3. The Hall–Kier alpha value is -1.59. The monoisotopic (exact) mass is 891 g/mol. The number of hydrogen-bond acceptors (Lipinski definition) is 6. The summed E-state index contributed by atoms with van der Waals surface area (Å²) in [6.07, 6.45) is 52.3. The van der Waals surface area contributed by atoms with Gasteiger partial charge in [0, 0.05) is 19.3 Å². The van der Waals surface area contributed by atoms with E-state index in [1.807, 2.05) is 0 Å². The van der Waals surface area contributed by atoms with Gasteiger partial charge in [0.15, 0.2) is 6.10 Å². The zero-order chi connectivity index (χ0) is 46.1. The summed E-state index contributed by atoms with van der Waals surface area (Å²) in [6, 6.07) is 0. The molecule has 0 aromatic heterocycles. The third-order valence-corrected chi connectivity index (χ3v) is 13.3. The summed E-state index contributed by atoms with van der Waals surface area (Å²) in [4.78, 5) is 38.0. The molecule has 0 fully saturated rings. The molecule has 0 aliphatic rings. The SMILES string of the molecule is CCCCCCCCCCCCC(=O)O[C@H](COC(=O)CCCCCCCCCCCCCCCCC(C)C)COC(=O)CCCCCCCCCCCCCCCCC(C)CC. The number of rotatable bonds is 51. The first-order valence-corrected chi connectivity index (χ1v) is 28.3. The molecule has 0 bridgehead atoms. The van der Waals surface area contributed by atoms with E-state index in [0.29, 0.717) is 19.3 Å². The first kappa shape index (κ1) is 61.4. The van der Waals surface area contributed by atoms with Crippen molar-refractivity contribution < 1.29 is 28.6 Å². The van der Waals surface area contributed by atoms with Gasteiger partial charge in [-0.1, -0.05) is 279 Å². The minimum Gasteiger partial charge on any atom is -0.462 e. The van der Waals surface area contributed by atoms with E-state index in [1.54, 1.807) is 0 Å². The molecular formula is C57H110O6. The van der Waals surface area contributed by atoms with E-state index in [2.05, 4.69) is 34.6 Å². The van der Waals surface area contributed by atoms with Gasteiger partial charge in [-0.25, -0.2) is 0 Å². The molecule has 6 nitrogen and oxygen atoms in total. The number of esters is 3. The van der Waals surface area contributed by atoms with Gasteiger partial charge in [-0.2, -0.15) is 0 Å².